The van der Waals surface area contributed by atoms with Crippen molar-refractivity contribution in [3.63, 3.8) is 0 Å². The molecule has 0 heterocycles. The fourth-order valence-corrected chi connectivity index (χ4v) is 4.71. The number of nitrogens with one attached hydrogen (secondary N) is 1. The smallest absolute Gasteiger partial charge is 0.325 e. The maximum Gasteiger partial charge on any atom is 0.325 e. The fraction of sp³-hybridized carbons (Fsp3) is 0.625. The normalized spacial score (nSPS) is 17.9. The molecule has 1 N–H and O–H groups in total. The Morgan fingerprint density at radius 1 is 0.867 bits per heavy atom. The van der Waals surface area contributed by atoms with Gasteiger partial charge < -0.3 is 15.0 Å². The van der Waals surface area contributed by atoms with Crippen LogP contribution in [0.15, 0.2) is 30.3 Å². The summed E-state index contributed by atoms with van der Waals surface area (Å²) in [5.41, 5.74) is 0.883. The Balaban J connectivity index is 1.45. The van der Waals surface area contributed by atoms with Crippen molar-refractivity contribution < 1.29 is 19.1 Å². The predicted molar refractivity (Wildman–Crippen MR) is 115 cm³/mol. The minimum atomic E-state index is -0.572. The Labute approximate surface area is 179 Å². The Morgan fingerprint density at radius 2 is 1.43 bits per heavy atom. The number of hydrogen-bond donors (Lipinski definition) is 1. The second-order valence-corrected chi connectivity index (χ2v) is 8.48. The zero-order valence-corrected chi connectivity index (χ0v) is 17.8. The Kier molecular flexibility index (Phi) is 8.72. The predicted octanol–water partition coefficient (Wildman–Crippen LogP) is 3.38. The highest BCUT2D eigenvalue weighted by atomic mass is 16.5. The van der Waals surface area contributed by atoms with Crippen LogP contribution in [0.4, 0.5) is 0 Å². The van der Waals surface area contributed by atoms with Gasteiger partial charge in [-0.05, 0) is 31.2 Å². The summed E-state index contributed by atoms with van der Waals surface area (Å²) in [6.45, 7) is -0.452. The van der Waals surface area contributed by atoms with Gasteiger partial charge in [0.05, 0.1) is 6.42 Å². The van der Waals surface area contributed by atoms with Gasteiger partial charge in [0.2, 0.25) is 5.91 Å². The molecule has 0 atom stereocenters. The summed E-state index contributed by atoms with van der Waals surface area (Å²) in [5.74, 6) is -0.898. The first-order valence-electron chi connectivity index (χ1n) is 11.4. The van der Waals surface area contributed by atoms with Gasteiger partial charge in [0.1, 0.15) is 6.54 Å². The van der Waals surface area contributed by atoms with E-state index in [4.69, 9.17) is 4.74 Å². The van der Waals surface area contributed by atoms with Crippen LogP contribution in [0.5, 0.6) is 0 Å². The van der Waals surface area contributed by atoms with E-state index in [-0.39, 0.29) is 43.5 Å². The highest BCUT2D eigenvalue weighted by Crippen LogP contribution is 2.30. The van der Waals surface area contributed by atoms with Crippen LogP contribution in [0.2, 0.25) is 0 Å². The summed E-state index contributed by atoms with van der Waals surface area (Å²) in [4.78, 5) is 39.1. The summed E-state index contributed by atoms with van der Waals surface area (Å²) in [6.07, 6.45) is 11.5. The van der Waals surface area contributed by atoms with Crippen molar-refractivity contribution in [2.24, 2.45) is 0 Å². The number of amides is 2. The van der Waals surface area contributed by atoms with Crippen molar-refractivity contribution in [1.29, 1.82) is 0 Å². The molecule has 164 valence electrons. The number of carbonyl (C=O) groups is 3. The van der Waals surface area contributed by atoms with Gasteiger partial charge in [-0.3, -0.25) is 14.4 Å². The zero-order valence-electron chi connectivity index (χ0n) is 17.8. The molecule has 0 radical (unpaired) electrons. The molecule has 0 unspecified atom stereocenters. The molecule has 0 saturated heterocycles. The molecule has 30 heavy (non-hydrogen) atoms. The maximum absolute atomic E-state index is 13.0. The molecule has 1 aromatic rings. The van der Waals surface area contributed by atoms with Crippen LogP contribution < -0.4 is 5.32 Å². The summed E-state index contributed by atoms with van der Waals surface area (Å²) in [7, 11) is 0. The SMILES string of the molecule is O=C(Cc1ccccc1)NCC(=O)OCC(=O)N(C1CCCCC1)C1CCCCC1. The van der Waals surface area contributed by atoms with Crippen LogP contribution in [0.25, 0.3) is 0 Å². The quantitative estimate of drug-likeness (QED) is 0.662. The summed E-state index contributed by atoms with van der Waals surface area (Å²) < 4.78 is 5.22. The number of ether oxygens (including phenoxy) is 1. The van der Waals surface area contributed by atoms with Crippen molar-refractivity contribution in [3.8, 4) is 0 Å². The average molecular weight is 415 g/mol. The molecule has 2 aliphatic rings. The second-order valence-electron chi connectivity index (χ2n) is 8.48. The summed E-state index contributed by atoms with van der Waals surface area (Å²) in [6, 6.07) is 9.90. The van der Waals surface area contributed by atoms with E-state index in [1.807, 2.05) is 35.2 Å². The molecule has 1 aromatic carbocycles. The topological polar surface area (TPSA) is 75.7 Å². The van der Waals surface area contributed by atoms with Crippen LogP contribution in [-0.2, 0) is 25.5 Å². The third kappa shape index (κ3) is 6.85. The minimum absolute atomic E-state index is 0.0854. The van der Waals surface area contributed by atoms with E-state index in [0.717, 1.165) is 56.9 Å². The van der Waals surface area contributed by atoms with E-state index < -0.39 is 5.97 Å². The van der Waals surface area contributed by atoms with E-state index in [1.165, 1.54) is 12.8 Å². The molecule has 0 aliphatic heterocycles. The van der Waals surface area contributed by atoms with E-state index >= 15 is 0 Å². The lowest BCUT2D eigenvalue weighted by Crippen LogP contribution is -2.50. The highest BCUT2D eigenvalue weighted by Gasteiger charge is 2.32. The molecule has 2 amide bonds. The van der Waals surface area contributed by atoms with Gasteiger partial charge in [-0.1, -0.05) is 68.9 Å². The van der Waals surface area contributed by atoms with Gasteiger partial charge in [-0.25, -0.2) is 0 Å². The molecule has 3 rings (SSSR count). The molecule has 6 nitrogen and oxygen atoms in total. The molecule has 2 aliphatic carbocycles. The van der Waals surface area contributed by atoms with Crippen LogP contribution >= 0.6 is 0 Å². The molecule has 0 bridgehead atoms. The van der Waals surface area contributed by atoms with Gasteiger partial charge in [0.25, 0.3) is 5.91 Å². The summed E-state index contributed by atoms with van der Waals surface area (Å²) >= 11 is 0. The Bertz CT molecular complexity index is 676. The molecule has 2 fully saturated rings. The molecule has 0 aromatic heterocycles. The number of rotatable bonds is 8. The van der Waals surface area contributed by atoms with Crippen molar-refractivity contribution in [3.05, 3.63) is 35.9 Å². The van der Waals surface area contributed by atoms with Crippen molar-refractivity contribution in [2.45, 2.75) is 82.7 Å². The number of hydrogen-bond acceptors (Lipinski definition) is 4. The monoisotopic (exact) mass is 414 g/mol. The molecular weight excluding hydrogens is 380 g/mol. The molecular formula is C24H34N2O4. The van der Waals surface area contributed by atoms with Crippen LogP contribution in [-0.4, -0.2) is 47.9 Å². The lowest BCUT2D eigenvalue weighted by molar-refractivity contribution is -0.154. The maximum atomic E-state index is 13.0. The minimum Gasteiger partial charge on any atom is -0.454 e. The van der Waals surface area contributed by atoms with E-state index in [2.05, 4.69) is 5.32 Å². The van der Waals surface area contributed by atoms with Crippen molar-refractivity contribution in [1.82, 2.24) is 10.2 Å². The zero-order chi connectivity index (χ0) is 21.2. The average Bonchev–Trinajstić information content (AvgIpc) is 2.78. The number of esters is 1. The van der Waals surface area contributed by atoms with Gasteiger partial charge >= 0.3 is 5.97 Å². The highest BCUT2D eigenvalue weighted by molar-refractivity contribution is 5.85. The Morgan fingerprint density at radius 3 is 2.00 bits per heavy atom. The second kappa shape index (κ2) is 11.7. The van der Waals surface area contributed by atoms with Gasteiger partial charge in [-0.2, -0.15) is 0 Å². The van der Waals surface area contributed by atoms with Crippen molar-refractivity contribution >= 4 is 17.8 Å². The van der Waals surface area contributed by atoms with Gasteiger partial charge in [-0.15, -0.1) is 0 Å². The molecule has 2 saturated carbocycles. The van der Waals surface area contributed by atoms with E-state index in [0.29, 0.717) is 0 Å². The van der Waals surface area contributed by atoms with Crippen LogP contribution in [0.3, 0.4) is 0 Å². The van der Waals surface area contributed by atoms with Crippen LogP contribution in [0.1, 0.15) is 69.8 Å². The van der Waals surface area contributed by atoms with E-state index in [1.54, 1.807) is 0 Å². The number of carbonyl (C=O) groups excluding carboxylic acids is 3. The van der Waals surface area contributed by atoms with Gasteiger partial charge in [0, 0.05) is 12.1 Å². The number of benzene rings is 1. The fourth-order valence-electron chi connectivity index (χ4n) is 4.71. The lowest BCUT2D eigenvalue weighted by atomic mass is 9.88. The molecule has 0 spiro atoms. The third-order valence-electron chi connectivity index (χ3n) is 6.22. The first-order chi connectivity index (χ1) is 14.6. The first-order valence-corrected chi connectivity index (χ1v) is 11.4. The number of nitrogens with zero attached hydrogens (tertiary/aromatic N) is 1. The van der Waals surface area contributed by atoms with Gasteiger partial charge in [0.15, 0.2) is 6.61 Å². The first kappa shape index (κ1) is 22.3. The van der Waals surface area contributed by atoms with E-state index in [9.17, 15) is 14.4 Å². The third-order valence-corrected chi connectivity index (χ3v) is 6.22. The lowest BCUT2D eigenvalue weighted by Gasteiger charge is -2.41. The summed E-state index contributed by atoms with van der Waals surface area (Å²) in [5, 5.41) is 2.57. The van der Waals surface area contributed by atoms with Crippen LogP contribution in [0, 0.1) is 0 Å². The standard InChI is InChI=1S/C24H34N2O4/c27-22(16-19-10-4-1-5-11-19)25-17-24(29)30-18-23(28)26(20-12-6-2-7-13-20)21-14-8-3-9-15-21/h1,4-5,10-11,20-21H,2-3,6-9,12-18H2,(H,25,27). The Hall–Kier alpha value is -2.37. The molecule has 6 heteroatoms. The largest absolute Gasteiger partial charge is 0.454 e. The van der Waals surface area contributed by atoms with Crippen molar-refractivity contribution in [2.75, 3.05) is 13.2 Å².